The smallest absolute Gasteiger partial charge is 0.326 e. The maximum atomic E-state index is 11.8. The van der Waals surface area contributed by atoms with Crippen molar-refractivity contribution >= 4 is 23.9 Å². The first kappa shape index (κ1) is 17.7. The van der Waals surface area contributed by atoms with E-state index in [0.717, 1.165) is 4.90 Å². The molecule has 4 N–H and O–H groups in total. The van der Waals surface area contributed by atoms with Gasteiger partial charge in [0.25, 0.3) is 0 Å². The van der Waals surface area contributed by atoms with Gasteiger partial charge in [0.2, 0.25) is 5.91 Å². The van der Waals surface area contributed by atoms with Crippen LogP contribution in [-0.2, 0) is 14.4 Å². The Morgan fingerprint density at radius 3 is 2.15 bits per heavy atom. The molecule has 114 valence electrons. The fourth-order valence-corrected chi connectivity index (χ4v) is 1.37. The van der Waals surface area contributed by atoms with Crippen LogP contribution in [0.5, 0.6) is 0 Å². The van der Waals surface area contributed by atoms with Crippen LogP contribution < -0.4 is 10.6 Å². The van der Waals surface area contributed by atoms with E-state index < -0.39 is 30.4 Å². The normalized spacial score (nSPS) is 11.3. The van der Waals surface area contributed by atoms with E-state index in [1.807, 2.05) is 0 Å². The summed E-state index contributed by atoms with van der Waals surface area (Å²) in [7, 11) is 0. The molecule has 1 atom stereocenters. The predicted octanol–water partition coefficient (Wildman–Crippen LogP) is -0.918. The molecular formula is C11H19N3O6. The van der Waals surface area contributed by atoms with Crippen LogP contribution in [0.1, 0.15) is 20.3 Å². The van der Waals surface area contributed by atoms with Crippen molar-refractivity contribution in [2.45, 2.75) is 26.3 Å². The molecule has 0 radical (unpaired) electrons. The summed E-state index contributed by atoms with van der Waals surface area (Å²) < 4.78 is 0. The minimum absolute atomic E-state index is 0.183. The number of aliphatic carboxylic acids is 2. The van der Waals surface area contributed by atoms with Crippen molar-refractivity contribution in [3.63, 3.8) is 0 Å². The molecule has 0 aliphatic carbocycles. The highest BCUT2D eigenvalue weighted by Crippen LogP contribution is 1.97. The van der Waals surface area contributed by atoms with Crippen molar-refractivity contribution < 1.29 is 29.4 Å². The number of nitrogens with zero attached hydrogens (tertiary/aromatic N) is 1. The van der Waals surface area contributed by atoms with Crippen LogP contribution in [0.15, 0.2) is 0 Å². The van der Waals surface area contributed by atoms with Crippen LogP contribution in [0.2, 0.25) is 0 Å². The molecule has 0 aromatic carbocycles. The summed E-state index contributed by atoms with van der Waals surface area (Å²) in [6.45, 7) is 3.71. The van der Waals surface area contributed by atoms with Gasteiger partial charge in [-0.1, -0.05) is 0 Å². The maximum absolute atomic E-state index is 11.8. The summed E-state index contributed by atoms with van der Waals surface area (Å²) in [6.07, 6.45) is -0.736. The molecular weight excluding hydrogens is 270 g/mol. The summed E-state index contributed by atoms with van der Waals surface area (Å²) in [5, 5.41) is 22.0. The first-order valence-corrected chi connectivity index (χ1v) is 6.08. The molecule has 0 aliphatic rings. The number of carboxylic acids is 2. The van der Waals surface area contributed by atoms with E-state index in [1.54, 1.807) is 13.8 Å². The van der Waals surface area contributed by atoms with E-state index in [9.17, 15) is 19.2 Å². The Bertz CT molecular complexity index is 384. The van der Waals surface area contributed by atoms with Gasteiger partial charge in [0, 0.05) is 13.1 Å². The molecule has 0 heterocycles. The third-order valence-corrected chi connectivity index (χ3v) is 2.35. The van der Waals surface area contributed by atoms with E-state index in [1.165, 1.54) is 0 Å². The maximum Gasteiger partial charge on any atom is 0.326 e. The number of likely N-dealkylation sites (N-methyl/N-ethyl adjacent to an activating group) is 2. The Labute approximate surface area is 115 Å². The Morgan fingerprint density at radius 2 is 1.75 bits per heavy atom. The fourth-order valence-electron chi connectivity index (χ4n) is 1.37. The van der Waals surface area contributed by atoms with Crippen LogP contribution in [0, 0.1) is 0 Å². The molecule has 0 aliphatic heterocycles. The lowest BCUT2D eigenvalue weighted by Crippen LogP contribution is -2.51. The molecule has 3 amide bonds. The quantitative estimate of drug-likeness (QED) is 0.456. The summed E-state index contributed by atoms with van der Waals surface area (Å²) in [6, 6.07) is -2.34. The number of urea groups is 1. The number of carbonyl (C=O) groups excluding carboxylic acids is 2. The molecule has 0 fully saturated rings. The molecule has 0 saturated heterocycles. The summed E-state index contributed by atoms with van der Waals surface area (Å²) in [4.78, 5) is 45.6. The number of rotatable bonds is 8. The number of nitrogens with one attached hydrogen (secondary N) is 2. The average Bonchev–Trinajstić information content (AvgIpc) is 2.34. The zero-order valence-corrected chi connectivity index (χ0v) is 11.4. The SMILES string of the molecule is CCNC(=O)CN(CC)C(=O)N[C@@H](CC(=O)O)C(=O)O. The second-order valence-corrected chi connectivity index (χ2v) is 3.91. The Hall–Kier alpha value is -2.32. The first-order chi connectivity index (χ1) is 9.31. The number of amides is 3. The summed E-state index contributed by atoms with van der Waals surface area (Å²) >= 11 is 0. The zero-order chi connectivity index (χ0) is 15.7. The molecule has 0 unspecified atom stereocenters. The molecule has 0 spiro atoms. The molecule has 9 heteroatoms. The van der Waals surface area contributed by atoms with E-state index in [4.69, 9.17) is 10.2 Å². The largest absolute Gasteiger partial charge is 0.481 e. The van der Waals surface area contributed by atoms with Gasteiger partial charge in [0.15, 0.2) is 0 Å². The standard InChI is InChI=1S/C11H19N3O6/c1-3-12-8(15)6-14(4-2)11(20)13-7(10(18)19)5-9(16)17/h7H,3-6H2,1-2H3,(H,12,15)(H,13,20)(H,16,17)(H,18,19)/t7-/m0/s1. The minimum atomic E-state index is -1.54. The van der Waals surface area contributed by atoms with Crippen LogP contribution >= 0.6 is 0 Å². The third kappa shape index (κ3) is 6.57. The monoisotopic (exact) mass is 289 g/mol. The van der Waals surface area contributed by atoms with Crippen LogP contribution in [-0.4, -0.2) is 64.7 Å². The van der Waals surface area contributed by atoms with Gasteiger partial charge in [-0.25, -0.2) is 9.59 Å². The highest BCUT2D eigenvalue weighted by atomic mass is 16.4. The van der Waals surface area contributed by atoms with Crippen molar-refractivity contribution in [3.8, 4) is 0 Å². The molecule has 0 aromatic heterocycles. The lowest BCUT2D eigenvalue weighted by atomic mass is 10.2. The van der Waals surface area contributed by atoms with Crippen molar-refractivity contribution in [1.82, 2.24) is 15.5 Å². The van der Waals surface area contributed by atoms with Gasteiger partial charge in [-0.15, -0.1) is 0 Å². The lowest BCUT2D eigenvalue weighted by molar-refractivity contribution is -0.145. The van der Waals surface area contributed by atoms with Crippen LogP contribution in [0.3, 0.4) is 0 Å². The summed E-state index contributed by atoms with van der Waals surface area (Å²) in [5.74, 6) is -3.17. The van der Waals surface area contributed by atoms with Crippen molar-refractivity contribution in [2.75, 3.05) is 19.6 Å². The molecule has 20 heavy (non-hydrogen) atoms. The minimum Gasteiger partial charge on any atom is -0.481 e. The fraction of sp³-hybridized carbons (Fsp3) is 0.636. The Morgan fingerprint density at radius 1 is 1.15 bits per heavy atom. The highest BCUT2D eigenvalue weighted by Gasteiger charge is 2.25. The van der Waals surface area contributed by atoms with Gasteiger partial charge < -0.3 is 25.7 Å². The average molecular weight is 289 g/mol. The van der Waals surface area contributed by atoms with Gasteiger partial charge >= 0.3 is 18.0 Å². The number of carbonyl (C=O) groups is 4. The van der Waals surface area contributed by atoms with Gasteiger partial charge in [-0.2, -0.15) is 0 Å². The lowest BCUT2D eigenvalue weighted by Gasteiger charge is -2.22. The van der Waals surface area contributed by atoms with Gasteiger partial charge in [-0.05, 0) is 13.8 Å². The Balaban J connectivity index is 4.62. The molecule has 0 saturated carbocycles. The first-order valence-electron chi connectivity index (χ1n) is 6.08. The van der Waals surface area contributed by atoms with Gasteiger partial charge in [0.05, 0.1) is 6.42 Å². The highest BCUT2D eigenvalue weighted by molar-refractivity contribution is 5.88. The molecule has 0 aromatic rings. The van der Waals surface area contributed by atoms with E-state index in [2.05, 4.69) is 10.6 Å². The van der Waals surface area contributed by atoms with Crippen LogP contribution in [0.4, 0.5) is 4.79 Å². The third-order valence-electron chi connectivity index (χ3n) is 2.35. The van der Waals surface area contributed by atoms with Gasteiger partial charge in [-0.3, -0.25) is 9.59 Å². The molecule has 0 bridgehead atoms. The zero-order valence-electron chi connectivity index (χ0n) is 11.4. The second-order valence-electron chi connectivity index (χ2n) is 3.91. The Kier molecular flexibility index (Phi) is 7.71. The topological polar surface area (TPSA) is 136 Å². The number of hydrogen-bond acceptors (Lipinski definition) is 4. The van der Waals surface area contributed by atoms with E-state index >= 15 is 0 Å². The number of hydrogen-bond donors (Lipinski definition) is 4. The molecule has 0 rings (SSSR count). The van der Waals surface area contributed by atoms with E-state index in [0.29, 0.717) is 6.54 Å². The number of carboxylic acid groups (broad SMARTS) is 2. The van der Waals surface area contributed by atoms with Crippen molar-refractivity contribution in [3.05, 3.63) is 0 Å². The predicted molar refractivity (Wildman–Crippen MR) is 68.1 cm³/mol. The summed E-state index contributed by atoms with van der Waals surface area (Å²) in [5.41, 5.74) is 0. The van der Waals surface area contributed by atoms with Gasteiger partial charge in [0.1, 0.15) is 12.6 Å². The van der Waals surface area contributed by atoms with E-state index in [-0.39, 0.29) is 19.0 Å². The van der Waals surface area contributed by atoms with Crippen LogP contribution in [0.25, 0.3) is 0 Å². The van der Waals surface area contributed by atoms with Crippen molar-refractivity contribution in [2.24, 2.45) is 0 Å². The second kappa shape index (κ2) is 8.73. The molecule has 9 nitrogen and oxygen atoms in total. The van der Waals surface area contributed by atoms with Crippen molar-refractivity contribution in [1.29, 1.82) is 0 Å².